The zero-order valence-corrected chi connectivity index (χ0v) is 10.5. The molecule has 0 aliphatic carbocycles. The summed E-state index contributed by atoms with van der Waals surface area (Å²) in [5.41, 5.74) is 1.48. The smallest absolute Gasteiger partial charge is 0.224 e. The molecule has 98 valence electrons. The van der Waals surface area contributed by atoms with Crippen molar-refractivity contribution < 1.29 is 9.90 Å². The first kappa shape index (κ1) is 13.1. The second kappa shape index (κ2) is 6.52. The van der Waals surface area contributed by atoms with Crippen molar-refractivity contribution in [3.05, 3.63) is 29.8 Å². The van der Waals surface area contributed by atoms with Gasteiger partial charge in [0.2, 0.25) is 5.91 Å². The third kappa shape index (κ3) is 3.55. The predicted molar refractivity (Wildman–Crippen MR) is 71.2 cm³/mol. The van der Waals surface area contributed by atoms with Crippen molar-refractivity contribution in [1.29, 1.82) is 0 Å². The number of aliphatic hydroxyl groups excluding tert-OH is 1. The summed E-state index contributed by atoms with van der Waals surface area (Å²) in [6.45, 7) is 1.96. The zero-order chi connectivity index (χ0) is 12.8. The van der Waals surface area contributed by atoms with Gasteiger partial charge >= 0.3 is 0 Å². The highest BCUT2D eigenvalue weighted by atomic mass is 16.3. The molecule has 1 aromatic carbocycles. The molecule has 4 nitrogen and oxygen atoms in total. The van der Waals surface area contributed by atoms with Crippen LogP contribution in [0.25, 0.3) is 0 Å². The van der Waals surface area contributed by atoms with Gasteiger partial charge in [0.25, 0.3) is 0 Å². The van der Waals surface area contributed by atoms with Crippen molar-refractivity contribution >= 4 is 11.6 Å². The van der Waals surface area contributed by atoms with Gasteiger partial charge in [0.1, 0.15) is 0 Å². The average molecular weight is 248 g/mol. The number of piperidine rings is 1. The molecule has 2 rings (SSSR count). The standard InChI is InChI=1S/C14H20N2O2/c17-10-12-3-1-2-4-13(12)16-14(18)9-11-5-7-15-8-6-11/h1-4,11,15,17H,5-10H2,(H,16,18). The summed E-state index contributed by atoms with van der Waals surface area (Å²) in [5.74, 6) is 0.523. The van der Waals surface area contributed by atoms with Gasteiger partial charge in [0, 0.05) is 17.7 Å². The predicted octanol–water partition coefficient (Wildman–Crippen LogP) is 1.51. The van der Waals surface area contributed by atoms with E-state index in [1.165, 1.54) is 0 Å². The molecule has 3 N–H and O–H groups in total. The van der Waals surface area contributed by atoms with Gasteiger partial charge in [-0.2, -0.15) is 0 Å². The van der Waals surface area contributed by atoms with Crippen LogP contribution in [0.1, 0.15) is 24.8 Å². The van der Waals surface area contributed by atoms with E-state index >= 15 is 0 Å². The van der Waals surface area contributed by atoms with E-state index in [-0.39, 0.29) is 12.5 Å². The van der Waals surface area contributed by atoms with Crippen LogP contribution in [-0.2, 0) is 11.4 Å². The Hall–Kier alpha value is -1.39. The molecule has 0 unspecified atom stereocenters. The highest BCUT2D eigenvalue weighted by Crippen LogP contribution is 2.19. The van der Waals surface area contributed by atoms with Gasteiger partial charge in [-0.15, -0.1) is 0 Å². The number of nitrogens with one attached hydrogen (secondary N) is 2. The molecule has 1 aliphatic heterocycles. The summed E-state index contributed by atoms with van der Waals surface area (Å²) >= 11 is 0. The molecule has 1 fully saturated rings. The molecule has 1 aliphatic rings. The maximum atomic E-state index is 11.9. The van der Waals surface area contributed by atoms with Crippen molar-refractivity contribution in [1.82, 2.24) is 5.32 Å². The average Bonchev–Trinajstić information content (AvgIpc) is 2.40. The lowest BCUT2D eigenvalue weighted by molar-refractivity contribution is -0.117. The molecular weight excluding hydrogens is 228 g/mol. The summed E-state index contributed by atoms with van der Waals surface area (Å²) in [7, 11) is 0. The molecule has 0 spiro atoms. The fraction of sp³-hybridized carbons (Fsp3) is 0.500. The van der Waals surface area contributed by atoms with E-state index in [9.17, 15) is 9.90 Å². The Labute approximate surface area is 107 Å². The fourth-order valence-corrected chi connectivity index (χ4v) is 2.33. The van der Waals surface area contributed by atoms with E-state index < -0.39 is 0 Å². The molecule has 1 saturated heterocycles. The molecule has 1 heterocycles. The Bertz CT molecular complexity index is 401. The number of carbonyl (C=O) groups excluding carboxylic acids is 1. The van der Waals surface area contributed by atoms with Crippen LogP contribution in [0.3, 0.4) is 0 Å². The van der Waals surface area contributed by atoms with Gasteiger partial charge in [-0.1, -0.05) is 18.2 Å². The van der Waals surface area contributed by atoms with Gasteiger partial charge in [-0.05, 0) is 37.9 Å². The minimum atomic E-state index is -0.0518. The monoisotopic (exact) mass is 248 g/mol. The molecule has 1 amide bonds. The van der Waals surface area contributed by atoms with Gasteiger partial charge < -0.3 is 15.7 Å². The lowest BCUT2D eigenvalue weighted by atomic mass is 9.94. The van der Waals surface area contributed by atoms with E-state index in [1.54, 1.807) is 0 Å². The molecule has 0 bridgehead atoms. The first-order valence-electron chi connectivity index (χ1n) is 6.49. The summed E-state index contributed by atoms with van der Waals surface area (Å²) < 4.78 is 0. The molecule has 0 saturated carbocycles. The number of rotatable bonds is 4. The Morgan fingerprint density at radius 2 is 2.06 bits per heavy atom. The Kier molecular flexibility index (Phi) is 4.73. The largest absolute Gasteiger partial charge is 0.392 e. The number of aliphatic hydroxyl groups is 1. The number of amides is 1. The van der Waals surface area contributed by atoms with Crippen molar-refractivity contribution in [3.63, 3.8) is 0 Å². The van der Waals surface area contributed by atoms with E-state index in [0.29, 0.717) is 12.3 Å². The quantitative estimate of drug-likeness (QED) is 0.757. The van der Waals surface area contributed by atoms with Crippen molar-refractivity contribution in [3.8, 4) is 0 Å². The summed E-state index contributed by atoms with van der Waals surface area (Å²) in [6, 6.07) is 7.36. The van der Waals surface area contributed by atoms with Crippen molar-refractivity contribution in [2.75, 3.05) is 18.4 Å². The number of carbonyl (C=O) groups is 1. The highest BCUT2D eigenvalue weighted by Gasteiger charge is 2.17. The minimum Gasteiger partial charge on any atom is -0.392 e. The number of anilines is 1. The zero-order valence-electron chi connectivity index (χ0n) is 10.5. The van der Waals surface area contributed by atoms with Crippen LogP contribution in [0, 0.1) is 5.92 Å². The summed E-state index contributed by atoms with van der Waals surface area (Å²) in [6.07, 6.45) is 2.70. The third-order valence-corrected chi connectivity index (χ3v) is 3.39. The minimum absolute atomic E-state index is 0.0443. The fourth-order valence-electron chi connectivity index (χ4n) is 2.33. The summed E-state index contributed by atoms with van der Waals surface area (Å²) in [5, 5.41) is 15.4. The van der Waals surface area contributed by atoms with Gasteiger partial charge in [-0.3, -0.25) is 4.79 Å². The van der Waals surface area contributed by atoms with Crippen LogP contribution in [0.5, 0.6) is 0 Å². The van der Waals surface area contributed by atoms with E-state index in [2.05, 4.69) is 10.6 Å². The van der Waals surface area contributed by atoms with Gasteiger partial charge in [-0.25, -0.2) is 0 Å². The molecule has 4 heteroatoms. The Morgan fingerprint density at radius 1 is 1.33 bits per heavy atom. The lowest BCUT2D eigenvalue weighted by Crippen LogP contribution is -2.30. The van der Waals surface area contributed by atoms with Crippen LogP contribution in [-0.4, -0.2) is 24.1 Å². The third-order valence-electron chi connectivity index (χ3n) is 3.39. The number of benzene rings is 1. The SMILES string of the molecule is O=C(CC1CCNCC1)Nc1ccccc1CO. The number of hydrogen-bond donors (Lipinski definition) is 3. The first-order chi connectivity index (χ1) is 8.79. The van der Waals surface area contributed by atoms with Gasteiger partial charge in [0.05, 0.1) is 6.61 Å². The van der Waals surface area contributed by atoms with E-state index in [0.717, 1.165) is 37.2 Å². The highest BCUT2D eigenvalue weighted by molar-refractivity contribution is 5.91. The Balaban J connectivity index is 1.90. The van der Waals surface area contributed by atoms with Crippen LogP contribution < -0.4 is 10.6 Å². The van der Waals surface area contributed by atoms with Crippen molar-refractivity contribution in [2.45, 2.75) is 25.9 Å². The van der Waals surface area contributed by atoms with E-state index in [4.69, 9.17) is 0 Å². The van der Waals surface area contributed by atoms with E-state index in [1.807, 2.05) is 24.3 Å². The molecule has 0 aromatic heterocycles. The van der Waals surface area contributed by atoms with Crippen molar-refractivity contribution in [2.24, 2.45) is 5.92 Å². The second-order valence-corrected chi connectivity index (χ2v) is 4.76. The molecule has 1 aromatic rings. The van der Waals surface area contributed by atoms with Crippen LogP contribution in [0.15, 0.2) is 24.3 Å². The normalized spacial score (nSPS) is 16.5. The van der Waals surface area contributed by atoms with Crippen LogP contribution >= 0.6 is 0 Å². The van der Waals surface area contributed by atoms with Crippen LogP contribution in [0.4, 0.5) is 5.69 Å². The molecule has 0 radical (unpaired) electrons. The Morgan fingerprint density at radius 3 is 2.78 bits per heavy atom. The molecular formula is C14H20N2O2. The topological polar surface area (TPSA) is 61.4 Å². The molecule has 0 atom stereocenters. The first-order valence-corrected chi connectivity index (χ1v) is 6.49. The van der Waals surface area contributed by atoms with Gasteiger partial charge in [0.15, 0.2) is 0 Å². The number of hydrogen-bond acceptors (Lipinski definition) is 3. The maximum absolute atomic E-state index is 11.9. The second-order valence-electron chi connectivity index (χ2n) is 4.76. The summed E-state index contributed by atoms with van der Waals surface area (Å²) in [4.78, 5) is 11.9. The lowest BCUT2D eigenvalue weighted by Gasteiger charge is -2.22. The molecule has 18 heavy (non-hydrogen) atoms. The maximum Gasteiger partial charge on any atom is 0.224 e. The number of para-hydroxylation sites is 1. The van der Waals surface area contributed by atoms with Crippen LogP contribution in [0.2, 0.25) is 0 Å².